The van der Waals surface area contributed by atoms with E-state index in [1.54, 1.807) is 6.07 Å². The van der Waals surface area contributed by atoms with Crippen molar-refractivity contribution in [1.82, 2.24) is 4.98 Å². The Kier molecular flexibility index (Phi) is 3.79. The zero-order chi connectivity index (χ0) is 16.8. The summed E-state index contributed by atoms with van der Waals surface area (Å²) in [7, 11) is 1.24. The van der Waals surface area contributed by atoms with Crippen molar-refractivity contribution in [2.45, 2.75) is 24.7 Å². The lowest BCUT2D eigenvalue weighted by Crippen LogP contribution is -2.44. The van der Waals surface area contributed by atoms with Gasteiger partial charge in [-0.25, -0.2) is 9.37 Å². The Balaban J connectivity index is 2.43. The molecule has 8 heteroatoms. The van der Waals surface area contributed by atoms with Crippen molar-refractivity contribution in [3.05, 3.63) is 44.3 Å². The van der Waals surface area contributed by atoms with Crippen LogP contribution in [0.25, 0.3) is 10.9 Å². The van der Waals surface area contributed by atoms with Crippen LogP contribution < -0.4 is 0 Å². The highest BCUT2D eigenvalue weighted by molar-refractivity contribution is 9.10. The Morgan fingerprint density at radius 3 is 2.70 bits per heavy atom. The molecule has 0 radical (unpaired) electrons. The van der Waals surface area contributed by atoms with Gasteiger partial charge >= 0.3 is 5.97 Å². The van der Waals surface area contributed by atoms with Crippen LogP contribution in [0.1, 0.15) is 24.8 Å². The number of pyridine rings is 1. The van der Waals surface area contributed by atoms with Gasteiger partial charge in [0.1, 0.15) is 17.1 Å². The predicted molar refractivity (Wildman–Crippen MR) is 83.6 cm³/mol. The molecule has 1 heterocycles. The maximum absolute atomic E-state index is 14.2. The van der Waals surface area contributed by atoms with Gasteiger partial charge in [0.2, 0.25) is 0 Å². The molecular formula is C15H12BrFN2O4. The van der Waals surface area contributed by atoms with E-state index in [-0.39, 0.29) is 22.2 Å². The van der Waals surface area contributed by atoms with Crippen molar-refractivity contribution in [3.8, 4) is 0 Å². The first-order valence-electron chi connectivity index (χ1n) is 6.92. The minimum Gasteiger partial charge on any atom is -0.468 e. The third-order valence-corrected chi connectivity index (χ3v) is 4.79. The molecule has 23 heavy (non-hydrogen) atoms. The third kappa shape index (κ3) is 2.28. The van der Waals surface area contributed by atoms with Crippen LogP contribution in [0.2, 0.25) is 0 Å². The molecule has 1 fully saturated rings. The molecule has 0 unspecified atom stereocenters. The number of carbonyl (C=O) groups is 1. The highest BCUT2D eigenvalue weighted by Gasteiger charge is 2.51. The van der Waals surface area contributed by atoms with Crippen LogP contribution in [-0.2, 0) is 14.9 Å². The summed E-state index contributed by atoms with van der Waals surface area (Å²) < 4.78 is 19.5. The number of fused-ring (bicyclic) bond motifs is 1. The summed E-state index contributed by atoms with van der Waals surface area (Å²) in [6.45, 7) is 0. The van der Waals surface area contributed by atoms with Crippen LogP contribution in [0, 0.1) is 15.9 Å². The lowest BCUT2D eigenvalue weighted by atomic mass is 9.63. The van der Waals surface area contributed by atoms with Crippen LogP contribution in [0.15, 0.2) is 22.8 Å². The van der Waals surface area contributed by atoms with Crippen LogP contribution in [0.3, 0.4) is 0 Å². The number of methoxy groups -OCH3 is 1. The number of hydrogen-bond acceptors (Lipinski definition) is 5. The normalized spacial score (nSPS) is 16.0. The maximum atomic E-state index is 14.2. The summed E-state index contributed by atoms with van der Waals surface area (Å²) >= 11 is 3.19. The van der Waals surface area contributed by atoms with E-state index in [4.69, 9.17) is 4.74 Å². The molecule has 0 spiro atoms. The van der Waals surface area contributed by atoms with E-state index in [9.17, 15) is 19.3 Å². The molecule has 120 valence electrons. The minimum atomic E-state index is -1.12. The van der Waals surface area contributed by atoms with E-state index in [0.29, 0.717) is 17.3 Å². The summed E-state index contributed by atoms with van der Waals surface area (Å²) in [4.78, 5) is 27.1. The number of nitro groups is 1. The third-order valence-electron chi connectivity index (χ3n) is 4.33. The summed E-state index contributed by atoms with van der Waals surface area (Å²) in [5, 5.41) is 11.7. The Bertz CT molecular complexity index is 836. The summed E-state index contributed by atoms with van der Waals surface area (Å²) in [6.07, 6.45) is 2.60. The number of nitrogens with zero attached hydrogens (tertiary/aromatic N) is 2. The van der Waals surface area contributed by atoms with Gasteiger partial charge in [-0.05, 0) is 25.0 Å². The standard InChI is InChI=1S/C15H12BrFN2O4/c1-23-14(20)15(3-2-4-15)12-9-5-8(16)6-10(17)13(9)18-7-11(12)19(21)22/h5-7H,2-4H2,1H3. The van der Waals surface area contributed by atoms with Crippen LogP contribution in [0.5, 0.6) is 0 Å². The van der Waals surface area contributed by atoms with Crippen LogP contribution >= 0.6 is 15.9 Å². The molecule has 6 nitrogen and oxygen atoms in total. The average molecular weight is 383 g/mol. The van der Waals surface area contributed by atoms with Crippen LogP contribution in [-0.4, -0.2) is 23.0 Å². The Morgan fingerprint density at radius 1 is 1.48 bits per heavy atom. The fourth-order valence-electron chi connectivity index (χ4n) is 3.14. The molecule has 2 aromatic rings. The Hall–Kier alpha value is -2.09. The van der Waals surface area contributed by atoms with Gasteiger partial charge in [0.05, 0.1) is 17.6 Å². The molecule has 0 saturated heterocycles. The number of esters is 1. The molecule has 0 atom stereocenters. The molecule has 0 amide bonds. The molecule has 3 rings (SSSR count). The molecule has 0 bridgehead atoms. The van der Waals surface area contributed by atoms with Gasteiger partial charge in [-0.2, -0.15) is 0 Å². The smallest absolute Gasteiger partial charge is 0.316 e. The fourth-order valence-corrected chi connectivity index (χ4v) is 3.57. The lowest BCUT2D eigenvalue weighted by Gasteiger charge is -2.39. The molecule has 0 N–H and O–H groups in total. The predicted octanol–water partition coefficient (Wildman–Crippen LogP) is 3.64. The monoisotopic (exact) mass is 382 g/mol. The number of carbonyl (C=O) groups excluding carboxylic acids is 1. The summed E-state index contributed by atoms with van der Waals surface area (Å²) in [5.74, 6) is -1.15. The second kappa shape index (κ2) is 5.52. The molecule has 1 aliphatic carbocycles. The Morgan fingerprint density at radius 2 is 2.17 bits per heavy atom. The fraction of sp³-hybridized carbons (Fsp3) is 0.333. The highest BCUT2D eigenvalue weighted by Crippen LogP contribution is 2.50. The van der Waals surface area contributed by atoms with Gasteiger partial charge in [-0.15, -0.1) is 0 Å². The average Bonchev–Trinajstić information content (AvgIpc) is 2.45. The van der Waals surface area contributed by atoms with Crippen molar-refractivity contribution in [2.75, 3.05) is 7.11 Å². The molecule has 1 aromatic carbocycles. The largest absolute Gasteiger partial charge is 0.468 e. The van der Waals surface area contributed by atoms with Crippen molar-refractivity contribution in [3.63, 3.8) is 0 Å². The number of hydrogen-bond donors (Lipinski definition) is 0. The molecular weight excluding hydrogens is 371 g/mol. The zero-order valence-corrected chi connectivity index (χ0v) is 13.7. The summed E-state index contributed by atoms with van der Waals surface area (Å²) in [6, 6.07) is 2.79. The second-order valence-corrected chi connectivity index (χ2v) is 6.40. The van der Waals surface area contributed by atoms with Gasteiger partial charge in [0.25, 0.3) is 5.69 Å². The number of rotatable bonds is 3. The molecule has 0 aliphatic heterocycles. The maximum Gasteiger partial charge on any atom is 0.316 e. The van der Waals surface area contributed by atoms with E-state index in [0.717, 1.165) is 12.6 Å². The Labute approximate surface area is 138 Å². The zero-order valence-electron chi connectivity index (χ0n) is 12.1. The number of benzene rings is 1. The second-order valence-electron chi connectivity index (χ2n) is 5.49. The van der Waals surface area contributed by atoms with E-state index in [1.807, 2.05) is 0 Å². The van der Waals surface area contributed by atoms with Gasteiger partial charge in [-0.3, -0.25) is 14.9 Å². The minimum absolute atomic E-state index is 0.00368. The SMILES string of the molecule is COC(=O)C1(c2c([N+](=O)[O-])cnc3c(F)cc(Br)cc23)CCC1. The number of ether oxygens (including phenoxy) is 1. The first-order valence-corrected chi connectivity index (χ1v) is 7.71. The first kappa shape index (κ1) is 15.8. The van der Waals surface area contributed by atoms with Crippen molar-refractivity contribution >= 4 is 38.5 Å². The van der Waals surface area contributed by atoms with Crippen molar-refractivity contribution in [1.29, 1.82) is 0 Å². The number of aromatic nitrogens is 1. The highest BCUT2D eigenvalue weighted by atomic mass is 79.9. The van der Waals surface area contributed by atoms with E-state index in [1.165, 1.54) is 13.2 Å². The van der Waals surface area contributed by atoms with E-state index < -0.39 is 22.1 Å². The first-order chi connectivity index (χ1) is 10.9. The van der Waals surface area contributed by atoms with Gasteiger partial charge < -0.3 is 4.74 Å². The van der Waals surface area contributed by atoms with Crippen LogP contribution in [0.4, 0.5) is 10.1 Å². The molecule has 1 aliphatic rings. The van der Waals surface area contributed by atoms with Crippen molar-refractivity contribution < 1.29 is 18.8 Å². The molecule has 1 saturated carbocycles. The number of halogens is 2. The van der Waals surface area contributed by atoms with Crippen molar-refractivity contribution in [2.24, 2.45) is 0 Å². The lowest BCUT2D eigenvalue weighted by molar-refractivity contribution is -0.386. The topological polar surface area (TPSA) is 82.3 Å². The summed E-state index contributed by atoms with van der Waals surface area (Å²) in [5.41, 5.74) is -1.22. The molecule has 1 aromatic heterocycles. The van der Waals surface area contributed by atoms with Gasteiger partial charge in [0, 0.05) is 9.86 Å². The van der Waals surface area contributed by atoms with E-state index in [2.05, 4.69) is 20.9 Å². The van der Waals surface area contributed by atoms with Gasteiger partial charge in [0.15, 0.2) is 5.82 Å². The quantitative estimate of drug-likeness (QED) is 0.459. The van der Waals surface area contributed by atoms with Gasteiger partial charge in [-0.1, -0.05) is 22.4 Å². The van der Waals surface area contributed by atoms with E-state index >= 15 is 0 Å².